The fourth-order valence-electron chi connectivity index (χ4n) is 1.37. The molecule has 1 saturated heterocycles. The van der Waals surface area contributed by atoms with E-state index in [9.17, 15) is 0 Å². The van der Waals surface area contributed by atoms with Gasteiger partial charge < -0.3 is 9.26 Å². The first-order valence-corrected chi connectivity index (χ1v) is 4.41. The van der Waals surface area contributed by atoms with Crippen LogP contribution in [0.5, 0.6) is 0 Å². The van der Waals surface area contributed by atoms with Gasteiger partial charge in [0.2, 0.25) is 0 Å². The van der Waals surface area contributed by atoms with Gasteiger partial charge in [-0.15, -0.1) is 0 Å². The first-order chi connectivity index (χ1) is 5.84. The van der Waals surface area contributed by atoms with Gasteiger partial charge in [-0.2, -0.15) is 4.98 Å². The molecule has 2 heterocycles. The van der Waals surface area contributed by atoms with Gasteiger partial charge in [0, 0.05) is 13.0 Å². The summed E-state index contributed by atoms with van der Waals surface area (Å²) in [5.41, 5.74) is 0. The van der Waals surface area contributed by atoms with Crippen molar-refractivity contribution in [2.45, 2.75) is 25.4 Å². The second-order valence-corrected chi connectivity index (χ2v) is 3.22. The Morgan fingerprint density at radius 2 is 2.58 bits per heavy atom. The maximum atomic E-state index is 5.43. The van der Waals surface area contributed by atoms with E-state index < -0.39 is 0 Å². The summed E-state index contributed by atoms with van der Waals surface area (Å²) in [6.07, 6.45) is 3.32. The molecule has 0 amide bonds. The largest absolute Gasteiger partial charge is 0.378 e. The lowest BCUT2D eigenvalue weighted by molar-refractivity contribution is 0.109. The lowest BCUT2D eigenvalue weighted by Gasteiger charge is -2.04. The summed E-state index contributed by atoms with van der Waals surface area (Å²) in [6.45, 7) is 0.864. The normalized spacial score (nSPS) is 23.2. The third kappa shape index (κ3) is 1.73. The van der Waals surface area contributed by atoms with Crippen molar-refractivity contribution in [3.63, 3.8) is 0 Å². The van der Waals surface area contributed by atoms with Crippen LogP contribution in [-0.2, 0) is 11.2 Å². The van der Waals surface area contributed by atoms with E-state index in [2.05, 4.69) is 10.1 Å². The van der Waals surface area contributed by atoms with Gasteiger partial charge >= 0.3 is 4.84 Å². The van der Waals surface area contributed by atoms with Gasteiger partial charge in [-0.1, -0.05) is 0 Å². The maximum Gasteiger partial charge on any atom is 0.314 e. The summed E-state index contributed by atoms with van der Waals surface area (Å²) in [5.74, 6) is 0.784. The minimum atomic E-state index is 0.267. The molecule has 1 atom stereocenters. The van der Waals surface area contributed by atoms with Crippen molar-refractivity contribution in [1.29, 1.82) is 0 Å². The number of nitrogens with zero attached hydrogens (tertiary/aromatic N) is 1. The lowest BCUT2D eigenvalue weighted by atomic mass is 10.2. The van der Waals surface area contributed by atoms with Crippen LogP contribution in [0.15, 0.2) is 4.52 Å². The van der Waals surface area contributed by atoms with Crippen LogP contribution in [0.4, 0.5) is 0 Å². The Morgan fingerprint density at radius 1 is 1.67 bits per heavy atom. The third-order valence-corrected chi connectivity index (χ3v) is 2.10. The second kappa shape index (κ2) is 3.37. The second-order valence-electron chi connectivity index (χ2n) is 2.87. The maximum absolute atomic E-state index is 5.43. The highest BCUT2D eigenvalue weighted by Crippen LogP contribution is 2.15. The van der Waals surface area contributed by atoms with Crippen LogP contribution in [0.3, 0.4) is 0 Å². The Labute approximate surface area is 74.9 Å². The standard InChI is InChI=1S/C7H10N2O2S/c12-7-8-6(9-11-7)4-5-2-1-3-10-5/h5H,1-4H2,(H,8,9,12). The summed E-state index contributed by atoms with van der Waals surface area (Å²) in [6, 6.07) is 0. The van der Waals surface area contributed by atoms with Gasteiger partial charge in [0.1, 0.15) is 5.82 Å². The highest BCUT2D eigenvalue weighted by atomic mass is 32.1. The van der Waals surface area contributed by atoms with Crippen LogP contribution in [0.1, 0.15) is 18.7 Å². The van der Waals surface area contributed by atoms with E-state index in [0.717, 1.165) is 31.7 Å². The molecule has 5 heteroatoms. The Hall–Kier alpha value is -0.680. The quantitative estimate of drug-likeness (QED) is 0.710. The smallest absolute Gasteiger partial charge is 0.314 e. The van der Waals surface area contributed by atoms with Gasteiger partial charge in [-0.05, 0) is 25.1 Å². The first kappa shape index (κ1) is 7.94. The van der Waals surface area contributed by atoms with Crippen molar-refractivity contribution in [2.75, 3.05) is 6.61 Å². The van der Waals surface area contributed by atoms with Crippen LogP contribution in [-0.4, -0.2) is 22.9 Å². The molecule has 1 aliphatic heterocycles. The number of rotatable bonds is 2. The molecule has 2 rings (SSSR count). The summed E-state index contributed by atoms with van der Waals surface area (Å²) < 4.78 is 10.2. The number of H-pyrrole nitrogens is 1. The predicted octanol–water partition coefficient (Wildman–Crippen LogP) is 1.45. The first-order valence-electron chi connectivity index (χ1n) is 4.00. The van der Waals surface area contributed by atoms with E-state index in [0.29, 0.717) is 6.10 Å². The molecule has 1 N–H and O–H groups in total. The molecule has 0 saturated carbocycles. The molecule has 0 bridgehead atoms. The van der Waals surface area contributed by atoms with E-state index in [-0.39, 0.29) is 4.84 Å². The lowest BCUT2D eigenvalue weighted by Crippen LogP contribution is -2.09. The van der Waals surface area contributed by atoms with Crippen LogP contribution in [0.2, 0.25) is 0 Å². The van der Waals surface area contributed by atoms with Crippen molar-refractivity contribution in [1.82, 2.24) is 10.1 Å². The van der Waals surface area contributed by atoms with Gasteiger partial charge in [0.25, 0.3) is 0 Å². The van der Waals surface area contributed by atoms with Crippen molar-refractivity contribution in [2.24, 2.45) is 0 Å². The molecule has 1 aliphatic rings. The molecule has 0 aliphatic carbocycles. The highest BCUT2D eigenvalue weighted by Gasteiger charge is 2.17. The topological polar surface area (TPSA) is 51.0 Å². The molecule has 1 fully saturated rings. The molecule has 0 spiro atoms. The molecule has 1 aromatic heterocycles. The minimum Gasteiger partial charge on any atom is -0.378 e. The molecule has 66 valence electrons. The number of hydrogen-bond acceptors (Lipinski definition) is 4. The highest BCUT2D eigenvalue weighted by molar-refractivity contribution is 7.71. The van der Waals surface area contributed by atoms with Crippen molar-refractivity contribution < 1.29 is 9.26 Å². The molecule has 1 unspecified atom stereocenters. The van der Waals surface area contributed by atoms with E-state index in [1.54, 1.807) is 0 Å². The molecule has 1 aromatic rings. The fourth-order valence-corrected chi connectivity index (χ4v) is 1.52. The van der Waals surface area contributed by atoms with Gasteiger partial charge in [-0.25, -0.2) is 5.16 Å². The summed E-state index contributed by atoms with van der Waals surface area (Å²) in [5, 5.41) is 2.66. The Kier molecular flexibility index (Phi) is 2.23. The van der Waals surface area contributed by atoms with Crippen LogP contribution < -0.4 is 0 Å². The average Bonchev–Trinajstić information content (AvgIpc) is 2.63. The SMILES string of the molecule is S=c1nc(CC2CCCO2)[nH]o1. The Bertz CT molecular complexity index is 300. The molecular weight excluding hydrogens is 176 g/mol. The molecule has 4 nitrogen and oxygen atoms in total. The van der Waals surface area contributed by atoms with Crippen molar-refractivity contribution in [3.8, 4) is 0 Å². The average molecular weight is 186 g/mol. The van der Waals surface area contributed by atoms with Crippen molar-refractivity contribution >= 4 is 12.2 Å². The number of nitrogens with one attached hydrogen (secondary N) is 1. The molecular formula is C7H10N2O2S. The zero-order chi connectivity index (χ0) is 8.39. The van der Waals surface area contributed by atoms with E-state index >= 15 is 0 Å². The van der Waals surface area contributed by atoms with Gasteiger partial charge in [-0.3, -0.25) is 0 Å². The molecule has 0 aromatic carbocycles. The zero-order valence-electron chi connectivity index (χ0n) is 6.58. The fraction of sp³-hybridized carbons (Fsp3) is 0.714. The summed E-state index contributed by atoms with van der Waals surface area (Å²) in [7, 11) is 0. The minimum absolute atomic E-state index is 0.267. The summed E-state index contributed by atoms with van der Waals surface area (Å²) >= 11 is 4.72. The van der Waals surface area contributed by atoms with Gasteiger partial charge in [0.05, 0.1) is 6.10 Å². The Balaban J connectivity index is 1.98. The third-order valence-electron chi connectivity index (χ3n) is 1.93. The summed E-state index contributed by atoms with van der Waals surface area (Å²) in [4.78, 5) is 4.25. The molecule has 0 radical (unpaired) electrons. The zero-order valence-corrected chi connectivity index (χ0v) is 7.39. The van der Waals surface area contributed by atoms with E-state index in [4.69, 9.17) is 21.5 Å². The van der Waals surface area contributed by atoms with E-state index in [1.807, 2.05) is 0 Å². The van der Waals surface area contributed by atoms with Gasteiger partial charge in [0.15, 0.2) is 0 Å². The number of aromatic nitrogens is 2. The monoisotopic (exact) mass is 186 g/mol. The number of aromatic amines is 1. The van der Waals surface area contributed by atoms with Crippen LogP contribution in [0, 0.1) is 4.84 Å². The predicted molar refractivity (Wildman–Crippen MR) is 44.4 cm³/mol. The van der Waals surface area contributed by atoms with Crippen LogP contribution >= 0.6 is 12.2 Å². The number of ether oxygens (including phenoxy) is 1. The van der Waals surface area contributed by atoms with Crippen LogP contribution in [0.25, 0.3) is 0 Å². The van der Waals surface area contributed by atoms with Crippen molar-refractivity contribution in [3.05, 3.63) is 10.7 Å². The van der Waals surface area contributed by atoms with E-state index in [1.165, 1.54) is 0 Å². The molecule has 12 heavy (non-hydrogen) atoms. The number of hydrogen-bond donors (Lipinski definition) is 1. The Morgan fingerprint density at radius 3 is 3.17 bits per heavy atom.